The van der Waals surface area contributed by atoms with Gasteiger partial charge in [-0.1, -0.05) is 60.3 Å². The van der Waals surface area contributed by atoms with E-state index in [0.717, 1.165) is 22.4 Å². The molecule has 2 aromatic heterocycles. The molecule has 1 aliphatic rings. The Morgan fingerprint density at radius 2 is 1.81 bits per heavy atom. The van der Waals surface area contributed by atoms with Crippen LogP contribution in [0.25, 0.3) is 27.0 Å². The van der Waals surface area contributed by atoms with Gasteiger partial charge in [-0.3, -0.25) is 24.3 Å². The molecule has 8 heteroatoms. The first kappa shape index (κ1) is 20.7. The first-order chi connectivity index (χ1) is 15.5. The molecule has 160 valence electrons. The van der Waals surface area contributed by atoms with Gasteiger partial charge in [0.25, 0.3) is 5.56 Å². The van der Waals surface area contributed by atoms with Gasteiger partial charge in [-0.25, -0.2) is 4.98 Å². The third-order valence-corrected chi connectivity index (χ3v) is 7.55. The number of thiophene rings is 1. The number of nitrogens with zero attached hydrogens (tertiary/aromatic N) is 2. The van der Waals surface area contributed by atoms with E-state index in [0.29, 0.717) is 21.8 Å². The Hall–Kier alpha value is -3.23. The molecule has 4 aromatic rings. The van der Waals surface area contributed by atoms with Crippen LogP contribution in [0.2, 0.25) is 0 Å². The highest BCUT2D eigenvalue weighted by Gasteiger charge is 2.30. The molecule has 2 amide bonds. The van der Waals surface area contributed by atoms with Gasteiger partial charge in [0.15, 0.2) is 5.16 Å². The zero-order chi connectivity index (χ0) is 22.2. The fourth-order valence-electron chi connectivity index (χ4n) is 3.82. The van der Waals surface area contributed by atoms with E-state index in [1.165, 1.54) is 23.1 Å². The first-order valence-corrected chi connectivity index (χ1v) is 11.9. The number of aromatic nitrogens is 2. The number of rotatable bonds is 4. The zero-order valence-electron chi connectivity index (χ0n) is 17.2. The highest BCUT2D eigenvalue weighted by Crippen LogP contribution is 2.35. The number of imide groups is 1. The number of carbonyl (C=O) groups is 2. The summed E-state index contributed by atoms with van der Waals surface area (Å²) in [5.74, 6) is -0.606. The normalized spacial score (nSPS) is 16.3. The van der Waals surface area contributed by atoms with E-state index >= 15 is 0 Å². The van der Waals surface area contributed by atoms with Gasteiger partial charge in [-0.2, -0.15) is 0 Å². The van der Waals surface area contributed by atoms with Crippen LogP contribution in [0.1, 0.15) is 18.4 Å². The van der Waals surface area contributed by atoms with Crippen LogP contribution >= 0.6 is 23.1 Å². The van der Waals surface area contributed by atoms with Crippen molar-refractivity contribution in [1.82, 2.24) is 14.9 Å². The van der Waals surface area contributed by atoms with Gasteiger partial charge in [0.2, 0.25) is 11.8 Å². The zero-order valence-corrected chi connectivity index (χ0v) is 18.8. The predicted molar refractivity (Wildman–Crippen MR) is 127 cm³/mol. The molecule has 3 heterocycles. The van der Waals surface area contributed by atoms with Crippen molar-refractivity contribution >= 4 is 45.1 Å². The van der Waals surface area contributed by atoms with Crippen LogP contribution in [-0.2, 0) is 9.59 Å². The number of piperidine rings is 1. The van der Waals surface area contributed by atoms with E-state index in [9.17, 15) is 14.4 Å². The molecule has 5 rings (SSSR count). The second kappa shape index (κ2) is 8.37. The lowest BCUT2D eigenvalue weighted by Gasteiger charge is -2.21. The molecule has 2 aromatic carbocycles. The number of thioether (sulfide) groups is 1. The summed E-state index contributed by atoms with van der Waals surface area (Å²) in [6.07, 6.45) is 0.689. The van der Waals surface area contributed by atoms with Crippen LogP contribution in [0, 0.1) is 6.92 Å². The standard InChI is InChI=1S/C24H19N3O3S2/c1-14-7-5-6-10-17(14)27-23(30)20-16(15-8-3-2-4-9-15)13-31-22(20)26-24(27)32-18-11-12-19(28)25-21(18)29/h2-10,13,18H,11-12H2,1H3,(H,25,28,29). The molecular formula is C24H19N3O3S2. The maximum absolute atomic E-state index is 13.9. The van der Waals surface area contributed by atoms with Crippen molar-refractivity contribution in [3.63, 3.8) is 0 Å². The number of hydrogen-bond donors (Lipinski definition) is 1. The first-order valence-electron chi connectivity index (χ1n) is 10.2. The van der Waals surface area contributed by atoms with Crippen molar-refractivity contribution in [2.75, 3.05) is 0 Å². The monoisotopic (exact) mass is 461 g/mol. The number of amides is 2. The van der Waals surface area contributed by atoms with Gasteiger partial charge in [0, 0.05) is 17.4 Å². The Labute approximate surface area is 192 Å². The fraction of sp³-hybridized carbons (Fsp3) is 0.167. The van der Waals surface area contributed by atoms with Crippen LogP contribution in [0.5, 0.6) is 0 Å². The van der Waals surface area contributed by atoms with Crippen LogP contribution in [0.15, 0.2) is 69.9 Å². The quantitative estimate of drug-likeness (QED) is 0.362. The lowest BCUT2D eigenvalue weighted by atomic mass is 10.1. The highest BCUT2D eigenvalue weighted by molar-refractivity contribution is 8.00. The molecule has 0 saturated carbocycles. The third kappa shape index (κ3) is 3.65. The third-order valence-electron chi connectivity index (χ3n) is 5.45. The number of benzene rings is 2. The maximum Gasteiger partial charge on any atom is 0.268 e. The summed E-state index contributed by atoms with van der Waals surface area (Å²) in [6.45, 7) is 1.94. The summed E-state index contributed by atoms with van der Waals surface area (Å²) in [5, 5.41) is 4.87. The molecule has 1 atom stereocenters. The van der Waals surface area contributed by atoms with E-state index in [4.69, 9.17) is 4.98 Å². The Bertz CT molecular complexity index is 1410. The van der Waals surface area contributed by atoms with Crippen molar-refractivity contribution in [1.29, 1.82) is 0 Å². The topological polar surface area (TPSA) is 81.1 Å². The van der Waals surface area contributed by atoms with Crippen molar-refractivity contribution in [3.8, 4) is 16.8 Å². The van der Waals surface area contributed by atoms with Crippen molar-refractivity contribution in [2.24, 2.45) is 0 Å². The van der Waals surface area contributed by atoms with E-state index in [2.05, 4.69) is 5.32 Å². The van der Waals surface area contributed by atoms with Gasteiger partial charge in [0.05, 0.1) is 16.3 Å². The number of nitrogens with one attached hydrogen (secondary N) is 1. The summed E-state index contributed by atoms with van der Waals surface area (Å²) in [4.78, 5) is 43.3. The van der Waals surface area contributed by atoms with Crippen LogP contribution in [-0.4, -0.2) is 26.6 Å². The lowest BCUT2D eigenvalue weighted by molar-refractivity contribution is -0.132. The van der Waals surface area contributed by atoms with Crippen LogP contribution < -0.4 is 10.9 Å². The molecule has 32 heavy (non-hydrogen) atoms. The molecule has 1 saturated heterocycles. The number of fused-ring (bicyclic) bond motifs is 1. The SMILES string of the molecule is Cc1ccccc1-n1c(SC2CCC(=O)NC2=O)nc2scc(-c3ccccc3)c2c1=O. The largest absolute Gasteiger partial charge is 0.295 e. The molecule has 0 radical (unpaired) electrons. The minimum absolute atomic E-state index is 0.167. The molecule has 0 bridgehead atoms. The summed E-state index contributed by atoms with van der Waals surface area (Å²) < 4.78 is 1.60. The van der Waals surface area contributed by atoms with E-state index in [-0.39, 0.29) is 23.8 Å². The molecule has 0 aliphatic carbocycles. The number of aryl methyl sites for hydroxylation is 1. The van der Waals surface area contributed by atoms with Crippen molar-refractivity contribution in [3.05, 3.63) is 75.9 Å². The lowest BCUT2D eigenvalue weighted by Crippen LogP contribution is -2.42. The number of hydrogen-bond acceptors (Lipinski definition) is 6. The Balaban J connectivity index is 1.72. The average molecular weight is 462 g/mol. The highest BCUT2D eigenvalue weighted by atomic mass is 32.2. The van der Waals surface area contributed by atoms with E-state index in [1.54, 1.807) is 4.57 Å². The predicted octanol–water partition coefficient (Wildman–Crippen LogP) is 4.32. The number of carbonyl (C=O) groups excluding carboxylic acids is 2. The minimum Gasteiger partial charge on any atom is -0.295 e. The Morgan fingerprint density at radius 3 is 2.56 bits per heavy atom. The maximum atomic E-state index is 13.9. The van der Waals surface area contributed by atoms with Gasteiger partial charge in [0.1, 0.15) is 4.83 Å². The summed E-state index contributed by atoms with van der Waals surface area (Å²) in [5.41, 5.74) is 3.30. The van der Waals surface area contributed by atoms with Crippen molar-refractivity contribution in [2.45, 2.75) is 30.2 Å². The molecule has 1 N–H and O–H groups in total. The van der Waals surface area contributed by atoms with E-state index < -0.39 is 5.25 Å². The smallest absolute Gasteiger partial charge is 0.268 e. The van der Waals surface area contributed by atoms with Crippen LogP contribution in [0.4, 0.5) is 0 Å². The fourth-order valence-corrected chi connectivity index (χ4v) is 5.90. The van der Waals surface area contributed by atoms with Gasteiger partial charge >= 0.3 is 0 Å². The van der Waals surface area contributed by atoms with Gasteiger partial charge in [-0.05, 0) is 30.5 Å². The average Bonchev–Trinajstić information content (AvgIpc) is 3.22. The second-order valence-corrected chi connectivity index (χ2v) is 9.60. The summed E-state index contributed by atoms with van der Waals surface area (Å²) in [7, 11) is 0. The van der Waals surface area contributed by atoms with Crippen LogP contribution in [0.3, 0.4) is 0 Å². The van der Waals surface area contributed by atoms with Crippen molar-refractivity contribution < 1.29 is 9.59 Å². The molecule has 6 nitrogen and oxygen atoms in total. The van der Waals surface area contributed by atoms with Gasteiger partial charge < -0.3 is 0 Å². The molecule has 0 spiro atoms. The minimum atomic E-state index is -0.485. The number of para-hydroxylation sites is 1. The Morgan fingerprint density at radius 1 is 1.06 bits per heavy atom. The molecule has 1 fully saturated rings. The van der Waals surface area contributed by atoms with E-state index in [1.807, 2.05) is 66.9 Å². The van der Waals surface area contributed by atoms with Gasteiger partial charge in [-0.15, -0.1) is 11.3 Å². The molecule has 1 aliphatic heterocycles. The summed E-state index contributed by atoms with van der Waals surface area (Å²) >= 11 is 2.65. The molecule has 1 unspecified atom stereocenters. The second-order valence-electron chi connectivity index (χ2n) is 7.57. The summed E-state index contributed by atoms with van der Waals surface area (Å²) in [6, 6.07) is 17.4. The Kier molecular flexibility index (Phi) is 5.40. The molecular weight excluding hydrogens is 442 g/mol.